The van der Waals surface area contributed by atoms with E-state index in [4.69, 9.17) is 9.47 Å². The molecule has 0 bridgehead atoms. The van der Waals surface area contributed by atoms with Gasteiger partial charge in [-0.25, -0.2) is 0 Å². The van der Waals surface area contributed by atoms with Crippen LogP contribution in [0.3, 0.4) is 0 Å². The SMILES string of the molecule is [Li][CH](C)CC(C)CC(C)CCCOCOCCCC. The Hall–Kier alpha value is 0.517. The molecule has 0 heterocycles. The van der Waals surface area contributed by atoms with E-state index < -0.39 is 0 Å². The zero-order chi connectivity index (χ0) is 14.5. The molecule has 19 heavy (non-hydrogen) atoms. The predicted octanol–water partition coefficient (Wildman–Crippen LogP) is 4.59. The molecule has 3 unspecified atom stereocenters. The Morgan fingerprint density at radius 2 is 1.53 bits per heavy atom. The third-order valence-electron chi connectivity index (χ3n) is 3.47. The van der Waals surface area contributed by atoms with Gasteiger partial charge in [0.25, 0.3) is 0 Å². The van der Waals surface area contributed by atoms with Crippen LogP contribution < -0.4 is 0 Å². The number of rotatable bonds is 13. The molecular formula is C16H33LiO2. The Bertz CT molecular complexity index is 186. The van der Waals surface area contributed by atoms with Crippen molar-refractivity contribution in [1.82, 2.24) is 0 Å². The maximum absolute atomic E-state index is 5.48. The summed E-state index contributed by atoms with van der Waals surface area (Å²) in [6, 6.07) is 0. The minimum Gasteiger partial charge on any atom is -0.0653 e. The van der Waals surface area contributed by atoms with E-state index in [9.17, 15) is 0 Å². The van der Waals surface area contributed by atoms with E-state index in [1.807, 2.05) is 0 Å². The molecule has 2 nitrogen and oxygen atoms in total. The first-order valence-corrected chi connectivity index (χ1v) is 8.21. The predicted molar refractivity (Wildman–Crippen MR) is 83.7 cm³/mol. The summed E-state index contributed by atoms with van der Waals surface area (Å²) in [7, 11) is 0. The Morgan fingerprint density at radius 1 is 0.895 bits per heavy atom. The van der Waals surface area contributed by atoms with Gasteiger partial charge < -0.3 is 0 Å². The summed E-state index contributed by atoms with van der Waals surface area (Å²) in [6.07, 6.45) is 7.46. The summed E-state index contributed by atoms with van der Waals surface area (Å²) in [5, 5.41) is 0. The fourth-order valence-electron chi connectivity index (χ4n) is 2.66. The van der Waals surface area contributed by atoms with E-state index in [1.54, 1.807) is 0 Å². The van der Waals surface area contributed by atoms with Crippen molar-refractivity contribution in [3.05, 3.63) is 0 Å². The molecule has 0 aliphatic rings. The van der Waals surface area contributed by atoms with E-state index in [0.29, 0.717) is 6.79 Å². The van der Waals surface area contributed by atoms with Gasteiger partial charge in [0.2, 0.25) is 0 Å². The first-order chi connectivity index (χ1) is 9.06. The molecule has 0 fully saturated rings. The van der Waals surface area contributed by atoms with Crippen LogP contribution in [0.1, 0.15) is 66.2 Å². The quantitative estimate of drug-likeness (QED) is 0.275. The normalized spacial score (nSPS) is 16.3. The second-order valence-corrected chi connectivity index (χ2v) is 6.51. The average Bonchev–Trinajstić information content (AvgIpc) is 2.31. The van der Waals surface area contributed by atoms with Gasteiger partial charge >= 0.3 is 110 Å². The van der Waals surface area contributed by atoms with Crippen LogP contribution in [-0.4, -0.2) is 37.7 Å². The van der Waals surface area contributed by atoms with Crippen molar-refractivity contribution in [2.75, 3.05) is 20.0 Å². The summed E-state index contributed by atoms with van der Waals surface area (Å²) in [6.45, 7) is 11.4. The van der Waals surface area contributed by atoms with Crippen LogP contribution in [-0.2, 0) is 9.47 Å². The molecule has 0 aromatic heterocycles. The molecule has 0 radical (unpaired) electrons. The van der Waals surface area contributed by atoms with Gasteiger partial charge in [0.1, 0.15) is 0 Å². The molecule has 0 spiro atoms. The van der Waals surface area contributed by atoms with Crippen molar-refractivity contribution in [3.63, 3.8) is 0 Å². The van der Waals surface area contributed by atoms with E-state index in [2.05, 4.69) is 45.4 Å². The zero-order valence-electron chi connectivity index (χ0n) is 13.9. The van der Waals surface area contributed by atoms with Gasteiger partial charge in [0.05, 0.1) is 0 Å². The molecule has 0 aromatic carbocycles. The summed E-state index contributed by atoms with van der Waals surface area (Å²) >= 11 is 2.31. The summed E-state index contributed by atoms with van der Waals surface area (Å²) in [5.41, 5.74) is 0. The Labute approximate surface area is 130 Å². The maximum atomic E-state index is 5.48. The molecule has 0 aliphatic heterocycles. The molecular weight excluding hydrogens is 231 g/mol. The minimum atomic E-state index is 0.470. The van der Waals surface area contributed by atoms with Gasteiger partial charge in [-0.05, 0) is 6.42 Å². The topological polar surface area (TPSA) is 18.5 Å². The average molecular weight is 264 g/mol. The number of hydrogen-bond acceptors (Lipinski definition) is 2. The first-order valence-electron chi connectivity index (χ1n) is 8.21. The molecule has 0 N–H and O–H groups in total. The van der Waals surface area contributed by atoms with Crippen LogP contribution in [0.5, 0.6) is 0 Å². The molecule has 3 atom stereocenters. The zero-order valence-corrected chi connectivity index (χ0v) is 13.9. The van der Waals surface area contributed by atoms with Crippen LogP contribution in [0.15, 0.2) is 0 Å². The van der Waals surface area contributed by atoms with Crippen molar-refractivity contribution in [2.45, 2.75) is 70.8 Å². The molecule has 0 aliphatic carbocycles. The smallest absolute Gasteiger partial charge is 0.0653 e. The van der Waals surface area contributed by atoms with Crippen LogP contribution in [0.4, 0.5) is 0 Å². The molecule has 0 amide bonds. The van der Waals surface area contributed by atoms with E-state index in [-0.39, 0.29) is 0 Å². The monoisotopic (exact) mass is 264 g/mol. The third kappa shape index (κ3) is 14.7. The molecule has 0 saturated carbocycles. The van der Waals surface area contributed by atoms with Gasteiger partial charge in [0.15, 0.2) is 0 Å². The third-order valence-corrected chi connectivity index (χ3v) is 3.47. The molecule has 0 saturated heterocycles. The van der Waals surface area contributed by atoms with E-state index in [0.717, 1.165) is 42.5 Å². The second-order valence-electron chi connectivity index (χ2n) is 6.51. The van der Waals surface area contributed by atoms with Crippen molar-refractivity contribution in [2.24, 2.45) is 11.8 Å². The Balaban J connectivity index is 3.31. The van der Waals surface area contributed by atoms with Crippen molar-refractivity contribution in [3.8, 4) is 0 Å². The van der Waals surface area contributed by atoms with Gasteiger partial charge in [-0.15, -0.1) is 0 Å². The minimum absolute atomic E-state index is 0.470. The molecule has 0 aromatic rings. The summed E-state index contributed by atoms with van der Waals surface area (Å²) in [4.78, 5) is 0. The van der Waals surface area contributed by atoms with E-state index in [1.165, 1.54) is 25.7 Å². The van der Waals surface area contributed by atoms with Crippen LogP contribution >= 0.6 is 0 Å². The number of hydrogen-bond donors (Lipinski definition) is 0. The standard InChI is InChI=1S/C16H33O2.Li/c1-5-7-11-17-14-18-12-8-10-16(4)13-15(3)9-6-2;/h6,15-16H,5,7-14H2,1-4H3;. The fourth-order valence-corrected chi connectivity index (χ4v) is 2.66. The molecule has 3 heteroatoms. The second kappa shape index (κ2) is 13.5. The molecule has 110 valence electrons. The number of ether oxygens (including phenoxy) is 2. The van der Waals surface area contributed by atoms with Gasteiger partial charge in [-0.1, -0.05) is 13.3 Å². The van der Waals surface area contributed by atoms with E-state index >= 15 is 0 Å². The summed E-state index contributed by atoms with van der Waals surface area (Å²) < 4.78 is 11.7. The summed E-state index contributed by atoms with van der Waals surface area (Å²) in [5.74, 6) is 1.67. The first kappa shape index (κ1) is 19.5. The Kier molecular flexibility index (Phi) is 13.9. The van der Waals surface area contributed by atoms with Crippen molar-refractivity contribution in [1.29, 1.82) is 0 Å². The van der Waals surface area contributed by atoms with Gasteiger partial charge in [0, 0.05) is 0 Å². The van der Waals surface area contributed by atoms with Crippen LogP contribution in [0.2, 0.25) is 4.59 Å². The van der Waals surface area contributed by atoms with Gasteiger partial charge in [-0.2, -0.15) is 0 Å². The fraction of sp³-hybridized carbons (Fsp3) is 1.00. The van der Waals surface area contributed by atoms with Crippen molar-refractivity contribution >= 4 is 17.7 Å². The van der Waals surface area contributed by atoms with Gasteiger partial charge in [-0.3, -0.25) is 0 Å². The molecule has 0 rings (SSSR count). The van der Waals surface area contributed by atoms with Crippen molar-refractivity contribution < 1.29 is 9.47 Å². The Morgan fingerprint density at radius 3 is 2.11 bits per heavy atom. The number of unbranched alkanes of at least 4 members (excludes halogenated alkanes) is 1. The van der Waals surface area contributed by atoms with Crippen LogP contribution in [0.25, 0.3) is 0 Å². The van der Waals surface area contributed by atoms with Crippen LogP contribution in [0, 0.1) is 11.8 Å².